The van der Waals surface area contributed by atoms with Crippen LogP contribution in [0.15, 0.2) is 23.9 Å². The van der Waals surface area contributed by atoms with Gasteiger partial charge in [-0.05, 0) is 32.3 Å². The Morgan fingerprint density at radius 2 is 2.10 bits per heavy atom. The van der Waals surface area contributed by atoms with Crippen LogP contribution in [-0.2, 0) is 14.3 Å². The van der Waals surface area contributed by atoms with Gasteiger partial charge in [0.25, 0.3) is 0 Å². The summed E-state index contributed by atoms with van der Waals surface area (Å²) in [4.78, 5) is 34.7. The highest BCUT2D eigenvalue weighted by molar-refractivity contribution is 5.94. The average Bonchev–Trinajstić information content (AvgIpc) is 3.27. The van der Waals surface area contributed by atoms with Gasteiger partial charge in [-0.1, -0.05) is 6.08 Å². The number of hydrogen-bond acceptors (Lipinski definition) is 6. The molecule has 1 atom stereocenters. The van der Waals surface area contributed by atoms with Gasteiger partial charge in [0.05, 0.1) is 13.2 Å². The van der Waals surface area contributed by atoms with Gasteiger partial charge < -0.3 is 19.6 Å². The van der Waals surface area contributed by atoms with E-state index >= 15 is 0 Å². The van der Waals surface area contributed by atoms with Crippen molar-refractivity contribution in [1.82, 2.24) is 14.9 Å². The summed E-state index contributed by atoms with van der Waals surface area (Å²) >= 11 is 0. The van der Waals surface area contributed by atoms with Gasteiger partial charge in [0.2, 0.25) is 5.91 Å². The monoisotopic (exact) mass is 430 g/mol. The first-order chi connectivity index (χ1) is 14.1. The fourth-order valence-corrected chi connectivity index (χ4v) is 3.01. The molecule has 166 valence electrons. The summed E-state index contributed by atoms with van der Waals surface area (Å²) in [5.41, 5.74) is 0.929. The molecule has 1 unspecified atom stereocenters. The minimum atomic E-state index is -5.08. The van der Waals surface area contributed by atoms with Crippen LogP contribution >= 0.6 is 0 Å². The van der Waals surface area contributed by atoms with E-state index in [2.05, 4.69) is 27.9 Å². The molecule has 1 aliphatic carbocycles. The Labute approximate surface area is 172 Å². The topological polar surface area (TPSA) is 95.9 Å². The molecule has 11 heteroatoms. The van der Waals surface area contributed by atoms with Crippen molar-refractivity contribution in [2.75, 3.05) is 38.3 Å². The van der Waals surface area contributed by atoms with Crippen LogP contribution in [0.5, 0.6) is 0 Å². The number of carbonyl (C=O) groups excluding carboxylic acids is 1. The Hall–Kier alpha value is -2.69. The number of anilines is 1. The van der Waals surface area contributed by atoms with E-state index in [1.165, 1.54) is 0 Å². The first kappa shape index (κ1) is 23.6. The quantitative estimate of drug-likeness (QED) is 0.784. The van der Waals surface area contributed by atoms with Crippen LogP contribution in [0.3, 0.4) is 0 Å². The molecule has 0 radical (unpaired) electrons. The number of morpholine rings is 1. The summed E-state index contributed by atoms with van der Waals surface area (Å²) in [7, 11) is 2.00. The maximum absolute atomic E-state index is 12.8. The van der Waals surface area contributed by atoms with Crippen LogP contribution in [0.1, 0.15) is 38.1 Å². The number of aliphatic carboxylic acids is 1. The van der Waals surface area contributed by atoms with Gasteiger partial charge in [0.15, 0.2) is 5.82 Å². The van der Waals surface area contributed by atoms with Crippen LogP contribution in [0.4, 0.5) is 19.0 Å². The van der Waals surface area contributed by atoms with Crippen LogP contribution < -0.4 is 4.90 Å². The smallest absolute Gasteiger partial charge is 0.475 e. The van der Waals surface area contributed by atoms with Crippen molar-refractivity contribution >= 4 is 17.7 Å². The van der Waals surface area contributed by atoms with Crippen molar-refractivity contribution in [1.29, 1.82) is 0 Å². The molecular formula is C19H25F3N4O4. The normalized spacial score (nSPS) is 18.9. The highest BCUT2D eigenvalue weighted by atomic mass is 19.4. The van der Waals surface area contributed by atoms with E-state index in [1.807, 2.05) is 18.0 Å². The molecule has 8 nitrogen and oxygen atoms in total. The third-order valence-corrected chi connectivity index (χ3v) is 4.77. The van der Waals surface area contributed by atoms with E-state index < -0.39 is 12.1 Å². The lowest BCUT2D eigenvalue weighted by molar-refractivity contribution is -0.192. The molecule has 3 rings (SSSR count). The molecule has 1 N–H and O–H groups in total. The van der Waals surface area contributed by atoms with Crippen molar-refractivity contribution in [2.45, 2.75) is 38.4 Å². The summed E-state index contributed by atoms with van der Waals surface area (Å²) in [6, 6.07) is 1.69. The average molecular weight is 430 g/mol. The van der Waals surface area contributed by atoms with E-state index in [0.717, 1.165) is 37.2 Å². The SMILES string of the molecule is CCN(C)c1ccnc(C2COCCN2C(=O)C2=CCCC2)n1.O=C(O)C(F)(F)F. The van der Waals surface area contributed by atoms with Crippen LogP contribution in [0, 0.1) is 0 Å². The summed E-state index contributed by atoms with van der Waals surface area (Å²) in [5, 5.41) is 7.12. The first-order valence-electron chi connectivity index (χ1n) is 9.57. The maximum Gasteiger partial charge on any atom is 0.490 e. The first-order valence-corrected chi connectivity index (χ1v) is 9.57. The van der Waals surface area contributed by atoms with Crippen molar-refractivity contribution in [3.05, 3.63) is 29.7 Å². The van der Waals surface area contributed by atoms with E-state index in [0.29, 0.717) is 25.6 Å². The third-order valence-electron chi connectivity index (χ3n) is 4.77. The number of carboxylic acids is 1. The highest BCUT2D eigenvalue weighted by Crippen LogP contribution is 2.27. The van der Waals surface area contributed by atoms with Gasteiger partial charge in [-0.25, -0.2) is 14.8 Å². The van der Waals surface area contributed by atoms with Crippen LogP contribution in [0.25, 0.3) is 0 Å². The Bertz CT molecular complexity index is 785. The van der Waals surface area contributed by atoms with Crippen LogP contribution in [-0.4, -0.2) is 71.4 Å². The number of nitrogens with zero attached hydrogens (tertiary/aromatic N) is 4. The van der Waals surface area contributed by atoms with E-state index in [9.17, 15) is 18.0 Å². The Morgan fingerprint density at radius 3 is 2.67 bits per heavy atom. The lowest BCUT2D eigenvalue weighted by atomic mass is 10.1. The fourth-order valence-electron chi connectivity index (χ4n) is 3.01. The molecule has 1 aliphatic heterocycles. The molecule has 0 aromatic carbocycles. The Morgan fingerprint density at radius 1 is 1.40 bits per heavy atom. The van der Waals surface area contributed by atoms with Crippen molar-refractivity contribution < 1.29 is 32.6 Å². The van der Waals surface area contributed by atoms with Crippen molar-refractivity contribution in [3.8, 4) is 0 Å². The maximum atomic E-state index is 12.8. The Balaban J connectivity index is 0.000000396. The zero-order chi connectivity index (χ0) is 22.3. The summed E-state index contributed by atoms with van der Waals surface area (Å²) < 4.78 is 37.3. The largest absolute Gasteiger partial charge is 0.490 e. The summed E-state index contributed by atoms with van der Waals surface area (Å²) in [6.45, 7) is 4.57. The molecule has 0 spiro atoms. The lowest BCUT2D eigenvalue weighted by Crippen LogP contribution is -2.44. The Kier molecular flexibility index (Phi) is 8.16. The van der Waals surface area contributed by atoms with Gasteiger partial charge in [-0.3, -0.25) is 4.79 Å². The highest BCUT2D eigenvalue weighted by Gasteiger charge is 2.38. The number of aromatic nitrogens is 2. The number of alkyl halides is 3. The minimum absolute atomic E-state index is 0.119. The molecule has 1 saturated heterocycles. The molecule has 1 fully saturated rings. The lowest BCUT2D eigenvalue weighted by Gasteiger charge is -2.35. The third kappa shape index (κ3) is 6.15. The number of allylic oxidation sites excluding steroid dienone is 1. The minimum Gasteiger partial charge on any atom is -0.475 e. The van der Waals surface area contributed by atoms with E-state index in [1.54, 1.807) is 6.20 Å². The second-order valence-electron chi connectivity index (χ2n) is 6.80. The predicted molar refractivity (Wildman–Crippen MR) is 102 cm³/mol. The van der Waals surface area contributed by atoms with Crippen molar-refractivity contribution in [3.63, 3.8) is 0 Å². The molecule has 1 amide bonds. The molecule has 2 heterocycles. The van der Waals surface area contributed by atoms with Gasteiger partial charge in [-0.15, -0.1) is 0 Å². The number of carbonyl (C=O) groups is 2. The zero-order valence-corrected chi connectivity index (χ0v) is 16.9. The van der Waals surface area contributed by atoms with Gasteiger partial charge in [0, 0.05) is 31.9 Å². The molecule has 0 saturated carbocycles. The zero-order valence-electron chi connectivity index (χ0n) is 16.9. The molecule has 30 heavy (non-hydrogen) atoms. The molecular weight excluding hydrogens is 405 g/mol. The summed E-state index contributed by atoms with van der Waals surface area (Å²) in [5.74, 6) is -1.11. The predicted octanol–water partition coefficient (Wildman–Crippen LogP) is 2.58. The second-order valence-corrected chi connectivity index (χ2v) is 6.80. The number of hydrogen-bond donors (Lipinski definition) is 1. The van der Waals surface area contributed by atoms with Gasteiger partial charge in [-0.2, -0.15) is 13.2 Å². The standard InChI is InChI=1S/C17H24N4O2.C2HF3O2/c1-3-20(2)15-8-9-18-16(19-15)14-12-23-11-10-21(14)17(22)13-6-4-5-7-13;3-2(4,5)1(6)7/h6,8-9,14H,3-5,7,10-12H2,1-2H3;(H,6,7). The summed E-state index contributed by atoms with van der Waals surface area (Å²) in [6.07, 6.45) is 1.70. The number of carboxylic acid groups (broad SMARTS) is 1. The number of rotatable bonds is 4. The molecule has 1 aromatic rings. The number of halogens is 3. The molecule has 1 aromatic heterocycles. The van der Waals surface area contributed by atoms with Gasteiger partial charge in [0.1, 0.15) is 11.9 Å². The van der Waals surface area contributed by atoms with E-state index in [4.69, 9.17) is 14.6 Å². The number of amides is 1. The molecule has 0 bridgehead atoms. The van der Waals surface area contributed by atoms with Crippen LogP contribution in [0.2, 0.25) is 0 Å². The molecule has 2 aliphatic rings. The fraction of sp³-hybridized carbons (Fsp3) is 0.579. The van der Waals surface area contributed by atoms with Crippen molar-refractivity contribution in [2.24, 2.45) is 0 Å². The number of ether oxygens (including phenoxy) is 1. The van der Waals surface area contributed by atoms with E-state index in [-0.39, 0.29) is 11.9 Å². The van der Waals surface area contributed by atoms with Gasteiger partial charge >= 0.3 is 12.1 Å². The second kappa shape index (κ2) is 10.4.